The number of rotatable bonds is 2. The van der Waals surface area contributed by atoms with Crippen LogP contribution >= 0.6 is 23.2 Å². The number of amides is 1. The Bertz CT molecular complexity index is 346. The zero-order valence-electron chi connectivity index (χ0n) is 10.7. The number of hydrogen-bond donors (Lipinski definition) is 2. The van der Waals surface area contributed by atoms with Crippen LogP contribution in [0.25, 0.3) is 0 Å². The quantitative estimate of drug-likeness (QED) is 0.879. The molecule has 0 saturated heterocycles. The Hall–Kier alpha value is -0.970. The van der Waals surface area contributed by atoms with Crippen molar-refractivity contribution in [1.82, 2.24) is 0 Å². The first-order chi connectivity index (χ1) is 8.51. The van der Waals surface area contributed by atoms with Gasteiger partial charge in [-0.05, 0) is 24.1 Å². The molecule has 18 heavy (non-hydrogen) atoms. The van der Waals surface area contributed by atoms with Crippen molar-refractivity contribution in [2.75, 3.05) is 14.2 Å². The summed E-state index contributed by atoms with van der Waals surface area (Å²) in [6.07, 6.45) is 1.39. The molecule has 3 N–H and O–H groups in total. The lowest BCUT2D eigenvalue weighted by atomic mass is 10.1. The molecule has 6 heteroatoms. The molecule has 0 unspecified atom stereocenters. The molecule has 0 saturated carbocycles. The standard InChI is InChI=1S/C9H10Cl2.C2H5NO2.CH4O/c1-2-3-7-4-5-8(10)6-9(7)11;1-5-2(3)4;1-2/h4-6H,2-3H2,1H3;1H3,(H2,3,4);2H,1H3. The fourth-order valence-electron chi connectivity index (χ4n) is 0.994. The van der Waals surface area contributed by atoms with Gasteiger partial charge in [-0.3, -0.25) is 0 Å². The van der Waals surface area contributed by atoms with Crippen molar-refractivity contribution in [2.24, 2.45) is 5.73 Å². The van der Waals surface area contributed by atoms with E-state index in [4.69, 9.17) is 28.3 Å². The van der Waals surface area contributed by atoms with Crippen LogP contribution in [-0.4, -0.2) is 25.4 Å². The molecule has 0 heterocycles. The van der Waals surface area contributed by atoms with Gasteiger partial charge in [0.25, 0.3) is 0 Å². The van der Waals surface area contributed by atoms with Gasteiger partial charge in [-0.25, -0.2) is 4.79 Å². The first-order valence-corrected chi connectivity index (χ1v) is 5.98. The summed E-state index contributed by atoms with van der Waals surface area (Å²) in [5.41, 5.74) is 5.61. The second-order valence-corrected chi connectivity index (χ2v) is 3.85. The zero-order valence-corrected chi connectivity index (χ0v) is 12.3. The van der Waals surface area contributed by atoms with Gasteiger partial charge in [0.2, 0.25) is 0 Å². The molecule has 0 aromatic heterocycles. The van der Waals surface area contributed by atoms with Gasteiger partial charge in [-0.1, -0.05) is 42.6 Å². The summed E-state index contributed by atoms with van der Waals surface area (Å²) in [5, 5.41) is 8.48. The molecule has 0 aliphatic rings. The molecule has 0 aliphatic carbocycles. The number of aryl methyl sites for hydroxylation is 1. The highest BCUT2D eigenvalue weighted by atomic mass is 35.5. The Morgan fingerprint density at radius 3 is 2.22 bits per heavy atom. The lowest BCUT2D eigenvalue weighted by molar-refractivity contribution is 0.182. The third-order valence-corrected chi connectivity index (χ3v) is 2.32. The van der Waals surface area contributed by atoms with Crippen molar-refractivity contribution < 1.29 is 14.6 Å². The van der Waals surface area contributed by atoms with E-state index in [0.717, 1.165) is 25.0 Å². The number of carbonyl (C=O) groups excluding carboxylic acids is 1. The molecular weight excluding hydrogens is 277 g/mol. The molecule has 0 radical (unpaired) electrons. The Morgan fingerprint density at radius 1 is 1.39 bits per heavy atom. The lowest BCUT2D eigenvalue weighted by Gasteiger charge is -2.01. The zero-order chi connectivity index (χ0) is 14.6. The summed E-state index contributed by atoms with van der Waals surface area (Å²) >= 11 is 11.7. The fraction of sp³-hybridized carbons (Fsp3) is 0.417. The van der Waals surface area contributed by atoms with E-state index in [1.807, 2.05) is 12.1 Å². The third kappa shape index (κ3) is 10.2. The normalized spacial score (nSPS) is 8.33. The highest BCUT2D eigenvalue weighted by molar-refractivity contribution is 6.35. The van der Waals surface area contributed by atoms with Gasteiger partial charge in [-0.2, -0.15) is 0 Å². The van der Waals surface area contributed by atoms with Gasteiger partial charge in [-0.15, -0.1) is 0 Å². The molecule has 1 rings (SSSR count). The van der Waals surface area contributed by atoms with Crippen LogP contribution in [0.15, 0.2) is 18.2 Å². The van der Waals surface area contributed by atoms with Crippen LogP contribution < -0.4 is 5.73 Å². The van der Waals surface area contributed by atoms with Gasteiger partial charge in [0.1, 0.15) is 0 Å². The number of carbonyl (C=O) groups is 1. The third-order valence-electron chi connectivity index (χ3n) is 1.74. The Morgan fingerprint density at radius 2 is 1.89 bits per heavy atom. The van der Waals surface area contributed by atoms with Crippen LogP contribution in [0.4, 0.5) is 4.79 Å². The maximum Gasteiger partial charge on any atom is 0.404 e. The predicted octanol–water partition coefficient (Wildman–Crippen LogP) is 3.27. The number of primary amides is 1. The molecule has 0 atom stereocenters. The molecule has 1 aromatic carbocycles. The minimum Gasteiger partial charge on any atom is -0.453 e. The topological polar surface area (TPSA) is 72.6 Å². The van der Waals surface area contributed by atoms with E-state index < -0.39 is 6.09 Å². The van der Waals surface area contributed by atoms with E-state index >= 15 is 0 Å². The van der Waals surface area contributed by atoms with E-state index in [-0.39, 0.29) is 0 Å². The van der Waals surface area contributed by atoms with E-state index in [9.17, 15) is 4.79 Å². The molecule has 4 nitrogen and oxygen atoms in total. The summed E-state index contributed by atoms with van der Waals surface area (Å²) in [6.45, 7) is 2.13. The Kier molecular flexibility index (Phi) is 13.4. The maximum atomic E-state index is 9.37. The summed E-state index contributed by atoms with van der Waals surface area (Å²) in [7, 11) is 2.22. The van der Waals surface area contributed by atoms with Crippen molar-refractivity contribution in [3.8, 4) is 0 Å². The second-order valence-electron chi connectivity index (χ2n) is 3.01. The average molecular weight is 296 g/mol. The summed E-state index contributed by atoms with van der Waals surface area (Å²) < 4.78 is 3.89. The molecular formula is C12H19Cl2NO3. The predicted molar refractivity (Wildman–Crippen MR) is 75.2 cm³/mol. The van der Waals surface area contributed by atoms with Crippen LogP contribution in [0.5, 0.6) is 0 Å². The molecule has 1 amide bonds. The van der Waals surface area contributed by atoms with Crippen molar-refractivity contribution >= 4 is 29.3 Å². The fourth-order valence-corrected chi connectivity index (χ4v) is 1.50. The van der Waals surface area contributed by atoms with E-state index in [0.29, 0.717) is 5.02 Å². The highest BCUT2D eigenvalue weighted by Gasteiger charge is 1.98. The van der Waals surface area contributed by atoms with Crippen molar-refractivity contribution in [1.29, 1.82) is 0 Å². The van der Waals surface area contributed by atoms with Crippen molar-refractivity contribution in [3.63, 3.8) is 0 Å². The number of nitrogens with two attached hydrogens (primary N) is 1. The lowest BCUT2D eigenvalue weighted by Crippen LogP contribution is -2.08. The number of aliphatic hydroxyl groups excluding tert-OH is 1. The van der Waals surface area contributed by atoms with E-state index in [1.165, 1.54) is 12.7 Å². The molecule has 0 fully saturated rings. The molecule has 104 valence electrons. The van der Waals surface area contributed by atoms with Gasteiger partial charge < -0.3 is 15.6 Å². The van der Waals surface area contributed by atoms with E-state index in [2.05, 4.69) is 17.4 Å². The SMILES string of the molecule is CCCc1ccc(Cl)cc1Cl.CO.COC(N)=O. The van der Waals surface area contributed by atoms with Crippen molar-refractivity contribution in [3.05, 3.63) is 33.8 Å². The van der Waals surface area contributed by atoms with Crippen LogP contribution in [0, 0.1) is 0 Å². The van der Waals surface area contributed by atoms with E-state index in [1.54, 1.807) is 6.07 Å². The number of benzene rings is 1. The van der Waals surface area contributed by atoms with Crippen molar-refractivity contribution in [2.45, 2.75) is 19.8 Å². The van der Waals surface area contributed by atoms with Crippen LogP contribution in [0.2, 0.25) is 10.0 Å². The number of aliphatic hydroxyl groups is 1. The monoisotopic (exact) mass is 295 g/mol. The minimum absolute atomic E-state index is 0.704. The highest BCUT2D eigenvalue weighted by Crippen LogP contribution is 2.21. The average Bonchev–Trinajstić information content (AvgIpc) is 2.36. The maximum absolute atomic E-state index is 9.37. The number of ether oxygens (including phenoxy) is 1. The summed E-state index contributed by atoms with van der Waals surface area (Å²) in [4.78, 5) is 9.37. The van der Waals surface area contributed by atoms with Gasteiger partial charge in [0, 0.05) is 17.2 Å². The molecule has 0 bridgehead atoms. The first-order valence-electron chi connectivity index (χ1n) is 5.23. The van der Waals surface area contributed by atoms with Crippen LogP contribution in [0.1, 0.15) is 18.9 Å². The second kappa shape index (κ2) is 12.5. The smallest absolute Gasteiger partial charge is 0.404 e. The van der Waals surface area contributed by atoms with Crippen LogP contribution in [-0.2, 0) is 11.2 Å². The Balaban J connectivity index is 0. The molecule has 1 aromatic rings. The first kappa shape index (κ1) is 19.4. The largest absolute Gasteiger partial charge is 0.453 e. The van der Waals surface area contributed by atoms with Crippen LogP contribution in [0.3, 0.4) is 0 Å². The number of methoxy groups -OCH3 is 1. The number of hydrogen-bond acceptors (Lipinski definition) is 3. The molecule has 0 aliphatic heterocycles. The number of halogens is 2. The summed E-state index contributed by atoms with van der Waals surface area (Å²) in [5.74, 6) is 0. The van der Waals surface area contributed by atoms with Gasteiger partial charge in [0.15, 0.2) is 0 Å². The Labute approximate surface area is 118 Å². The van der Waals surface area contributed by atoms with Gasteiger partial charge >= 0.3 is 6.09 Å². The summed E-state index contributed by atoms with van der Waals surface area (Å²) in [6, 6.07) is 5.64. The van der Waals surface area contributed by atoms with Gasteiger partial charge in [0.05, 0.1) is 7.11 Å². The molecule has 0 spiro atoms. The minimum atomic E-state index is -0.745.